The summed E-state index contributed by atoms with van der Waals surface area (Å²) < 4.78 is 0. The Morgan fingerprint density at radius 2 is 1.60 bits per heavy atom. The van der Waals surface area contributed by atoms with E-state index >= 15 is 0 Å². The lowest BCUT2D eigenvalue weighted by Crippen LogP contribution is -2.34. The Kier molecular flexibility index (Phi) is 4.53. The Morgan fingerprint density at radius 3 is 2.15 bits per heavy atom. The van der Waals surface area contributed by atoms with Crippen LogP contribution in [0.4, 0.5) is 0 Å². The molecule has 0 saturated heterocycles. The second-order valence-electron chi connectivity index (χ2n) is 4.87. The van der Waals surface area contributed by atoms with Crippen LogP contribution in [0, 0.1) is 0 Å². The highest BCUT2D eigenvalue weighted by Gasteiger charge is 2.15. The number of nitrogens with zero attached hydrogens (tertiary/aromatic N) is 1. The van der Waals surface area contributed by atoms with E-state index in [4.69, 9.17) is 5.73 Å². The first-order valence-corrected chi connectivity index (χ1v) is 6.74. The molecular weight excluding hydrogens is 248 g/mol. The van der Waals surface area contributed by atoms with Gasteiger partial charge in [-0.1, -0.05) is 54.6 Å². The fraction of sp³-hybridized carbons (Fsp3) is 0.235. The standard InChI is InChI=1S/C17H20N2O/c1-13(19(2)17(20)12-18)14-8-10-16(11-9-14)15-6-4-3-5-7-15/h3-11,13H,12,18H2,1-2H3/t13-/m1/s1. The van der Waals surface area contributed by atoms with Gasteiger partial charge in [0.1, 0.15) is 0 Å². The minimum atomic E-state index is -0.0513. The number of hydrogen-bond acceptors (Lipinski definition) is 2. The van der Waals surface area contributed by atoms with Crippen LogP contribution in [0.25, 0.3) is 11.1 Å². The number of benzene rings is 2. The lowest BCUT2D eigenvalue weighted by Gasteiger charge is -2.25. The number of rotatable bonds is 4. The van der Waals surface area contributed by atoms with Gasteiger partial charge < -0.3 is 10.6 Å². The van der Waals surface area contributed by atoms with Crippen molar-refractivity contribution >= 4 is 5.91 Å². The zero-order valence-electron chi connectivity index (χ0n) is 11.9. The molecule has 0 heterocycles. The molecule has 2 aromatic carbocycles. The predicted molar refractivity (Wildman–Crippen MR) is 82.1 cm³/mol. The van der Waals surface area contributed by atoms with Gasteiger partial charge in [0.25, 0.3) is 0 Å². The van der Waals surface area contributed by atoms with Gasteiger partial charge in [-0.05, 0) is 23.6 Å². The van der Waals surface area contributed by atoms with Crippen molar-refractivity contribution in [3.8, 4) is 11.1 Å². The van der Waals surface area contributed by atoms with Crippen LogP contribution in [-0.2, 0) is 4.79 Å². The van der Waals surface area contributed by atoms with Crippen molar-refractivity contribution in [3.63, 3.8) is 0 Å². The molecule has 0 aliphatic carbocycles. The van der Waals surface area contributed by atoms with Crippen LogP contribution in [0.1, 0.15) is 18.5 Å². The Bertz CT molecular complexity index is 563. The van der Waals surface area contributed by atoms with Crippen LogP contribution in [0.2, 0.25) is 0 Å². The molecule has 1 amide bonds. The van der Waals surface area contributed by atoms with E-state index in [-0.39, 0.29) is 18.5 Å². The largest absolute Gasteiger partial charge is 0.338 e. The average molecular weight is 268 g/mol. The lowest BCUT2D eigenvalue weighted by molar-refractivity contribution is -0.130. The summed E-state index contributed by atoms with van der Waals surface area (Å²) in [7, 11) is 1.78. The first-order valence-electron chi connectivity index (χ1n) is 6.74. The Hall–Kier alpha value is -2.13. The second kappa shape index (κ2) is 6.35. The minimum Gasteiger partial charge on any atom is -0.338 e. The number of carbonyl (C=O) groups excluding carboxylic acids is 1. The maximum Gasteiger partial charge on any atom is 0.236 e. The van der Waals surface area contributed by atoms with Crippen molar-refractivity contribution in [1.29, 1.82) is 0 Å². The van der Waals surface area contributed by atoms with Crippen molar-refractivity contribution < 1.29 is 4.79 Å². The summed E-state index contributed by atoms with van der Waals surface area (Å²) in [5.41, 5.74) is 8.87. The van der Waals surface area contributed by atoms with Gasteiger partial charge in [-0.3, -0.25) is 4.79 Å². The zero-order valence-corrected chi connectivity index (χ0v) is 11.9. The van der Waals surface area contributed by atoms with E-state index in [0.717, 1.165) is 5.56 Å². The van der Waals surface area contributed by atoms with Crippen molar-refractivity contribution in [2.45, 2.75) is 13.0 Å². The average Bonchev–Trinajstić information content (AvgIpc) is 2.53. The summed E-state index contributed by atoms with van der Waals surface area (Å²) in [4.78, 5) is 13.3. The van der Waals surface area contributed by atoms with E-state index in [0.29, 0.717) is 0 Å². The molecule has 1 atom stereocenters. The molecule has 3 heteroatoms. The molecule has 0 unspecified atom stereocenters. The molecule has 0 aromatic heterocycles. The van der Waals surface area contributed by atoms with E-state index in [1.54, 1.807) is 11.9 Å². The smallest absolute Gasteiger partial charge is 0.236 e. The molecule has 104 valence electrons. The third-order valence-electron chi connectivity index (χ3n) is 3.65. The van der Waals surface area contributed by atoms with E-state index in [1.165, 1.54) is 11.1 Å². The molecule has 0 fully saturated rings. The van der Waals surface area contributed by atoms with Crippen LogP contribution >= 0.6 is 0 Å². The quantitative estimate of drug-likeness (QED) is 0.926. The molecule has 0 bridgehead atoms. The molecule has 0 aliphatic heterocycles. The predicted octanol–water partition coefficient (Wildman–Crippen LogP) is 2.83. The molecule has 0 spiro atoms. The monoisotopic (exact) mass is 268 g/mol. The minimum absolute atomic E-state index is 0.0240. The van der Waals surface area contributed by atoms with Gasteiger partial charge in [0.05, 0.1) is 12.6 Å². The van der Waals surface area contributed by atoms with Gasteiger partial charge in [0.15, 0.2) is 0 Å². The summed E-state index contributed by atoms with van der Waals surface area (Å²) in [5.74, 6) is -0.0513. The third kappa shape index (κ3) is 3.06. The number of nitrogens with two attached hydrogens (primary N) is 1. The highest BCUT2D eigenvalue weighted by atomic mass is 16.2. The van der Waals surface area contributed by atoms with Gasteiger partial charge >= 0.3 is 0 Å². The molecule has 0 aliphatic rings. The highest BCUT2D eigenvalue weighted by molar-refractivity contribution is 5.78. The molecule has 3 nitrogen and oxygen atoms in total. The number of hydrogen-bond donors (Lipinski definition) is 1. The first kappa shape index (κ1) is 14.3. The van der Waals surface area contributed by atoms with Crippen LogP contribution in [0.3, 0.4) is 0 Å². The van der Waals surface area contributed by atoms with Crippen LogP contribution in [-0.4, -0.2) is 24.4 Å². The molecule has 2 N–H and O–H groups in total. The van der Waals surface area contributed by atoms with Crippen LogP contribution < -0.4 is 5.73 Å². The van der Waals surface area contributed by atoms with E-state index in [2.05, 4.69) is 36.4 Å². The molecule has 20 heavy (non-hydrogen) atoms. The van der Waals surface area contributed by atoms with Gasteiger partial charge in [0.2, 0.25) is 5.91 Å². The molecular formula is C17H20N2O. The number of amides is 1. The van der Waals surface area contributed by atoms with Crippen molar-refractivity contribution in [1.82, 2.24) is 4.90 Å². The summed E-state index contributed by atoms with van der Waals surface area (Å²) in [6.45, 7) is 2.05. The fourth-order valence-electron chi connectivity index (χ4n) is 2.17. The van der Waals surface area contributed by atoms with Gasteiger partial charge in [-0.15, -0.1) is 0 Å². The van der Waals surface area contributed by atoms with Crippen molar-refractivity contribution in [2.75, 3.05) is 13.6 Å². The van der Waals surface area contributed by atoms with E-state index < -0.39 is 0 Å². The summed E-state index contributed by atoms with van der Waals surface area (Å²) in [6.07, 6.45) is 0. The Labute approximate surface area is 120 Å². The van der Waals surface area contributed by atoms with Crippen LogP contribution in [0.5, 0.6) is 0 Å². The molecule has 2 aromatic rings. The molecule has 0 saturated carbocycles. The summed E-state index contributed by atoms with van der Waals surface area (Å²) >= 11 is 0. The molecule has 2 rings (SSSR count). The molecule has 0 radical (unpaired) electrons. The van der Waals surface area contributed by atoms with Crippen LogP contribution in [0.15, 0.2) is 54.6 Å². The fourth-order valence-corrected chi connectivity index (χ4v) is 2.17. The van der Waals surface area contributed by atoms with Crippen molar-refractivity contribution in [2.24, 2.45) is 5.73 Å². The lowest BCUT2D eigenvalue weighted by atomic mass is 10.0. The normalized spacial score (nSPS) is 11.9. The van der Waals surface area contributed by atoms with E-state index in [9.17, 15) is 4.79 Å². The van der Waals surface area contributed by atoms with Gasteiger partial charge in [-0.25, -0.2) is 0 Å². The van der Waals surface area contributed by atoms with E-state index in [1.807, 2.05) is 25.1 Å². The third-order valence-corrected chi connectivity index (χ3v) is 3.65. The maximum atomic E-state index is 11.6. The second-order valence-corrected chi connectivity index (χ2v) is 4.87. The zero-order chi connectivity index (χ0) is 14.5. The number of likely N-dealkylation sites (N-methyl/N-ethyl adjacent to an activating group) is 1. The topological polar surface area (TPSA) is 46.3 Å². The van der Waals surface area contributed by atoms with Gasteiger partial charge in [0, 0.05) is 7.05 Å². The Morgan fingerprint density at radius 1 is 1.05 bits per heavy atom. The summed E-state index contributed by atoms with van der Waals surface area (Å²) in [6, 6.07) is 18.6. The van der Waals surface area contributed by atoms with Gasteiger partial charge in [-0.2, -0.15) is 0 Å². The van der Waals surface area contributed by atoms with Crippen molar-refractivity contribution in [3.05, 3.63) is 60.2 Å². The maximum absolute atomic E-state index is 11.6. The highest BCUT2D eigenvalue weighted by Crippen LogP contribution is 2.24. The Balaban J connectivity index is 2.18. The first-order chi connectivity index (χ1) is 9.63. The SMILES string of the molecule is C[C@H](c1ccc(-c2ccccc2)cc1)N(C)C(=O)CN. The summed E-state index contributed by atoms with van der Waals surface area (Å²) in [5, 5.41) is 0. The number of carbonyl (C=O) groups is 1.